The molecule has 1 aromatic heterocycles. The summed E-state index contributed by atoms with van der Waals surface area (Å²) < 4.78 is 38.9. The first-order valence-electron chi connectivity index (χ1n) is 10.5. The maximum Gasteiger partial charge on any atom is 0.417 e. The van der Waals surface area contributed by atoms with E-state index < -0.39 is 52.3 Å². The van der Waals surface area contributed by atoms with Crippen molar-refractivity contribution in [2.75, 3.05) is 17.1 Å². The summed E-state index contributed by atoms with van der Waals surface area (Å²) >= 11 is 6.00. The summed E-state index contributed by atoms with van der Waals surface area (Å²) in [6.07, 6.45) is -5.47. The number of anilines is 2. The molecule has 1 aromatic carbocycles. The lowest BCUT2D eigenvalue weighted by Crippen LogP contribution is -2.58. The average molecular weight is 524 g/mol. The molecule has 0 aliphatic carbocycles. The van der Waals surface area contributed by atoms with Gasteiger partial charge in [0.15, 0.2) is 11.5 Å². The first-order chi connectivity index (χ1) is 16.9. The van der Waals surface area contributed by atoms with E-state index in [9.17, 15) is 27.6 Å². The number of pyridine rings is 1. The van der Waals surface area contributed by atoms with Gasteiger partial charge in [0.25, 0.3) is 11.8 Å². The SMILES string of the molecule is CN(c1ncc(C(F)(F)F)cc1Cl)N1C(=O)[C@@H]2C([C@]3(C)NC(=O)N(c4ccccc4)N3)=NO[C@@H]2C1=O. The molecule has 0 spiro atoms. The smallest absolute Gasteiger partial charge is 0.381 e. The molecule has 36 heavy (non-hydrogen) atoms. The van der Waals surface area contributed by atoms with Crippen molar-refractivity contribution in [2.24, 2.45) is 11.1 Å². The molecular formula is C21H17ClF3N7O4. The van der Waals surface area contributed by atoms with Crippen molar-refractivity contribution in [3.8, 4) is 0 Å². The van der Waals surface area contributed by atoms with Crippen molar-refractivity contribution in [3.05, 3.63) is 53.2 Å². The minimum Gasteiger partial charge on any atom is -0.381 e. The molecule has 4 heterocycles. The third kappa shape index (κ3) is 3.60. The number of nitrogens with one attached hydrogen (secondary N) is 2. The Bertz CT molecular complexity index is 1310. The van der Waals surface area contributed by atoms with Crippen molar-refractivity contribution in [2.45, 2.75) is 24.9 Å². The van der Waals surface area contributed by atoms with E-state index in [0.717, 1.165) is 5.01 Å². The summed E-state index contributed by atoms with van der Waals surface area (Å²) in [5.41, 5.74) is 1.04. The zero-order valence-electron chi connectivity index (χ0n) is 18.6. The van der Waals surface area contributed by atoms with Gasteiger partial charge in [-0.3, -0.25) is 14.6 Å². The van der Waals surface area contributed by atoms with Crippen LogP contribution >= 0.6 is 11.6 Å². The van der Waals surface area contributed by atoms with Crippen LogP contribution in [0.3, 0.4) is 0 Å². The standard InChI is InChI=1S/C21H17ClF3N7O4/c1-20(27-19(35)31(29-20)11-6-4-3-5-7-11)15-13-14(36-28-15)18(34)32(17(13)33)30(2)16-12(22)8-10(9-26-16)21(23,24)25/h3-9,13-14,29H,1-2H3,(H,27,35)/t13-,14-,20+/m0/s1. The molecule has 0 unspecified atom stereocenters. The Morgan fingerprint density at radius 1 is 1.17 bits per heavy atom. The van der Waals surface area contributed by atoms with Crippen LogP contribution in [0.2, 0.25) is 5.02 Å². The van der Waals surface area contributed by atoms with Gasteiger partial charge in [-0.25, -0.2) is 14.8 Å². The fourth-order valence-corrected chi connectivity index (χ4v) is 4.53. The zero-order chi connectivity index (χ0) is 26.0. The molecule has 3 aliphatic rings. The van der Waals surface area contributed by atoms with E-state index in [1.807, 2.05) is 0 Å². The van der Waals surface area contributed by atoms with Gasteiger partial charge in [0.2, 0.25) is 6.10 Å². The fourth-order valence-electron chi connectivity index (χ4n) is 4.24. The number of oxime groups is 1. The Morgan fingerprint density at radius 3 is 2.50 bits per heavy atom. The van der Waals surface area contributed by atoms with Crippen LogP contribution in [0.15, 0.2) is 47.8 Å². The Kier molecular flexibility index (Phi) is 5.33. The molecule has 11 nitrogen and oxygen atoms in total. The number of para-hydroxylation sites is 1. The Morgan fingerprint density at radius 2 is 1.86 bits per heavy atom. The van der Waals surface area contributed by atoms with Gasteiger partial charge >= 0.3 is 12.2 Å². The molecule has 2 N–H and O–H groups in total. The minimum absolute atomic E-state index is 0.0417. The molecular weight excluding hydrogens is 507 g/mol. The van der Waals surface area contributed by atoms with Crippen LogP contribution < -0.4 is 20.8 Å². The monoisotopic (exact) mass is 523 g/mol. The molecule has 3 aliphatic heterocycles. The number of urea groups is 1. The largest absolute Gasteiger partial charge is 0.417 e. The van der Waals surface area contributed by atoms with Gasteiger partial charge in [0.1, 0.15) is 11.6 Å². The lowest BCUT2D eigenvalue weighted by atomic mass is 9.91. The number of rotatable bonds is 4. The van der Waals surface area contributed by atoms with Crippen molar-refractivity contribution in [3.63, 3.8) is 0 Å². The van der Waals surface area contributed by atoms with Crippen LogP contribution in [0.25, 0.3) is 0 Å². The number of carbonyl (C=O) groups is 3. The summed E-state index contributed by atoms with van der Waals surface area (Å²) in [4.78, 5) is 48.1. The molecule has 2 aromatic rings. The summed E-state index contributed by atoms with van der Waals surface area (Å²) in [5.74, 6) is -3.07. The predicted molar refractivity (Wildman–Crippen MR) is 119 cm³/mol. The summed E-state index contributed by atoms with van der Waals surface area (Å²) in [7, 11) is 1.25. The number of carbonyl (C=O) groups excluding carboxylic acids is 3. The number of nitrogens with zero attached hydrogens (tertiary/aromatic N) is 5. The number of imide groups is 1. The van der Waals surface area contributed by atoms with Gasteiger partial charge in [-0.05, 0) is 25.1 Å². The van der Waals surface area contributed by atoms with Crippen LogP contribution in [0.1, 0.15) is 12.5 Å². The van der Waals surface area contributed by atoms with Gasteiger partial charge in [0.05, 0.1) is 16.3 Å². The van der Waals surface area contributed by atoms with Gasteiger partial charge < -0.3 is 10.2 Å². The molecule has 4 amide bonds. The van der Waals surface area contributed by atoms with Crippen LogP contribution in [0.5, 0.6) is 0 Å². The highest BCUT2D eigenvalue weighted by Crippen LogP contribution is 2.38. The minimum atomic E-state index is -4.68. The second-order valence-corrected chi connectivity index (χ2v) is 8.76. The molecule has 0 bridgehead atoms. The normalized spacial score (nSPS) is 25.6. The van der Waals surface area contributed by atoms with Gasteiger partial charge in [-0.1, -0.05) is 35.0 Å². The number of alkyl halides is 3. The number of hydrogen-bond acceptors (Lipinski definition) is 8. The molecule has 0 saturated carbocycles. The highest BCUT2D eigenvalue weighted by atomic mass is 35.5. The molecule has 15 heteroatoms. The molecule has 188 valence electrons. The first kappa shape index (κ1) is 23.8. The summed E-state index contributed by atoms with van der Waals surface area (Å²) in [5, 5.41) is 9.06. The van der Waals surface area contributed by atoms with Crippen LogP contribution in [-0.2, 0) is 20.6 Å². The number of hydrazine groups is 2. The lowest BCUT2D eigenvalue weighted by molar-refractivity contribution is -0.143. The number of aromatic nitrogens is 1. The number of hydrogen-bond donors (Lipinski definition) is 2. The van der Waals surface area contributed by atoms with E-state index in [1.54, 1.807) is 37.3 Å². The van der Waals surface area contributed by atoms with Crippen LogP contribution in [-0.4, -0.2) is 52.4 Å². The van der Waals surface area contributed by atoms with E-state index in [2.05, 4.69) is 20.9 Å². The van der Waals surface area contributed by atoms with E-state index in [4.69, 9.17) is 16.4 Å². The lowest BCUT2D eigenvalue weighted by Gasteiger charge is -2.29. The van der Waals surface area contributed by atoms with Crippen molar-refractivity contribution < 1.29 is 32.4 Å². The van der Waals surface area contributed by atoms with E-state index >= 15 is 0 Å². The van der Waals surface area contributed by atoms with Crippen molar-refractivity contribution in [1.29, 1.82) is 0 Å². The van der Waals surface area contributed by atoms with Crippen LogP contribution in [0, 0.1) is 5.92 Å². The Balaban J connectivity index is 1.41. The molecule has 5 rings (SSSR count). The van der Waals surface area contributed by atoms with Gasteiger partial charge in [0, 0.05) is 13.2 Å². The molecule has 0 radical (unpaired) electrons. The van der Waals surface area contributed by atoms with Crippen molar-refractivity contribution in [1.82, 2.24) is 20.7 Å². The van der Waals surface area contributed by atoms with E-state index in [1.165, 1.54) is 12.1 Å². The summed E-state index contributed by atoms with van der Waals surface area (Å²) in [6, 6.07) is 8.75. The van der Waals surface area contributed by atoms with E-state index in [-0.39, 0.29) is 11.5 Å². The number of amides is 4. The third-order valence-corrected chi connectivity index (χ3v) is 6.24. The maximum absolute atomic E-state index is 13.4. The Hall–Kier alpha value is -3.91. The van der Waals surface area contributed by atoms with Crippen molar-refractivity contribution >= 4 is 46.7 Å². The highest BCUT2D eigenvalue weighted by molar-refractivity contribution is 6.33. The molecule has 2 saturated heterocycles. The maximum atomic E-state index is 13.4. The molecule has 2 fully saturated rings. The Labute approximate surface area is 206 Å². The quantitative estimate of drug-likeness (QED) is 0.590. The second-order valence-electron chi connectivity index (χ2n) is 8.36. The number of benzene rings is 1. The number of halogens is 4. The first-order valence-corrected chi connectivity index (χ1v) is 10.8. The van der Waals surface area contributed by atoms with Gasteiger partial charge in [-0.2, -0.15) is 23.6 Å². The average Bonchev–Trinajstić information content (AvgIpc) is 3.47. The fraction of sp³-hybridized carbons (Fsp3) is 0.286. The van der Waals surface area contributed by atoms with E-state index in [0.29, 0.717) is 23.0 Å². The summed E-state index contributed by atoms with van der Waals surface area (Å²) in [6.45, 7) is 1.55. The zero-order valence-corrected chi connectivity index (χ0v) is 19.3. The predicted octanol–water partition coefficient (Wildman–Crippen LogP) is 2.30. The molecule has 3 atom stereocenters. The third-order valence-electron chi connectivity index (χ3n) is 5.97. The van der Waals surface area contributed by atoms with Gasteiger partial charge in [-0.15, -0.1) is 0 Å². The van der Waals surface area contributed by atoms with Crippen LogP contribution in [0.4, 0.5) is 29.5 Å². The topological polar surface area (TPSA) is 119 Å². The highest BCUT2D eigenvalue weighted by Gasteiger charge is 2.62. The number of fused-ring (bicyclic) bond motifs is 1. The second kappa shape index (κ2) is 8.06.